The Balaban J connectivity index is 2.38. The molecule has 3 N–H and O–H groups in total. The Labute approximate surface area is 115 Å². The second-order valence-electron chi connectivity index (χ2n) is 3.62. The molecule has 1 heterocycles. The third-order valence-electron chi connectivity index (χ3n) is 2.42. The molecule has 6 nitrogen and oxygen atoms in total. The Bertz CT molecular complexity index is 592. The minimum absolute atomic E-state index is 0.133. The lowest BCUT2D eigenvalue weighted by Gasteiger charge is -2.12. The summed E-state index contributed by atoms with van der Waals surface area (Å²) < 4.78 is 10.4. The summed E-state index contributed by atoms with van der Waals surface area (Å²) in [5.41, 5.74) is 6.20. The Hall–Kier alpha value is -2.21. The number of halogens is 1. The van der Waals surface area contributed by atoms with Crippen molar-refractivity contribution >= 4 is 29.1 Å². The maximum absolute atomic E-state index is 6.00. The smallest absolute Gasteiger partial charge is 0.222 e. The topological polar surface area (TPSA) is 82.3 Å². The minimum Gasteiger partial charge on any atom is -0.497 e. The molecule has 0 unspecified atom stereocenters. The van der Waals surface area contributed by atoms with E-state index < -0.39 is 0 Å². The molecule has 1 aromatic heterocycles. The molecule has 0 fully saturated rings. The summed E-state index contributed by atoms with van der Waals surface area (Å²) in [5.74, 6) is 1.85. The van der Waals surface area contributed by atoms with Gasteiger partial charge < -0.3 is 20.5 Å². The molecule has 2 aromatic rings. The highest BCUT2D eigenvalue weighted by Gasteiger charge is 2.09. The zero-order chi connectivity index (χ0) is 13.8. The van der Waals surface area contributed by atoms with Gasteiger partial charge in [0.05, 0.1) is 26.1 Å². The lowest BCUT2D eigenvalue weighted by molar-refractivity contribution is 0.405. The molecule has 0 radical (unpaired) electrons. The van der Waals surface area contributed by atoms with E-state index >= 15 is 0 Å². The molecule has 0 atom stereocenters. The highest BCUT2D eigenvalue weighted by atomic mass is 35.5. The molecule has 2 rings (SSSR count). The van der Waals surface area contributed by atoms with E-state index in [0.717, 1.165) is 0 Å². The largest absolute Gasteiger partial charge is 0.497 e. The van der Waals surface area contributed by atoms with Crippen molar-refractivity contribution in [1.82, 2.24) is 9.97 Å². The van der Waals surface area contributed by atoms with Gasteiger partial charge in [0.15, 0.2) is 5.82 Å². The van der Waals surface area contributed by atoms with Crippen molar-refractivity contribution in [3.63, 3.8) is 0 Å². The van der Waals surface area contributed by atoms with Gasteiger partial charge in [-0.1, -0.05) is 11.6 Å². The minimum atomic E-state index is 0.133. The van der Waals surface area contributed by atoms with E-state index in [1.807, 2.05) is 0 Å². The Morgan fingerprint density at radius 3 is 2.74 bits per heavy atom. The van der Waals surface area contributed by atoms with E-state index in [4.69, 9.17) is 26.8 Å². The number of benzene rings is 1. The summed E-state index contributed by atoms with van der Waals surface area (Å²) in [4.78, 5) is 7.82. The number of hydrogen-bond donors (Lipinski definition) is 2. The number of nitrogens with one attached hydrogen (secondary N) is 1. The van der Waals surface area contributed by atoms with E-state index in [2.05, 4.69) is 15.3 Å². The van der Waals surface area contributed by atoms with Crippen LogP contribution >= 0.6 is 11.6 Å². The van der Waals surface area contributed by atoms with Crippen LogP contribution in [0.15, 0.2) is 24.4 Å². The Morgan fingerprint density at radius 2 is 2.05 bits per heavy atom. The van der Waals surface area contributed by atoms with E-state index in [9.17, 15) is 0 Å². The molecule has 0 amide bonds. The van der Waals surface area contributed by atoms with Gasteiger partial charge in [0, 0.05) is 6.07 Å². The Morgan fingerprint density at radius 1 is 1.26 bits per heavy atom. The second-order valence-corrected chi connectivity index (χ2v) is 4.02. The highest BCUT2D eigenvalue weighted by molar-refractivity contribution is 6.32. The average molecular weight is 281 g/mol. The van der Waals surface area contributed by atoms with E-state index in [-0.39, 0.29) is 5.95 Å². The van der Waals surface area contributed by atoms with Crippen LogP contribution in [0.2, 0.25) is 5.02 Å². The molecule has 0 spiro atoms. The molecular formula is C12H13ClN4O2. The van der Waals surface area contributed by atoms with Crippen LogP contribution in [-0.2, 0) is 0 Å². The maximum Gasteiger partial charge on any atom is 0.222 e. The first-order valence-electron chi connectivity index (χ1n) is 5.41. The molecule has 7 heteroatoms. The molecule has 1 aromatic carbocycles. The van der Waals surface area contributed by atoms with Gasteiger partial charge in [-0.3, -0.25) is 0 Å². The van der Waals surface area contributed by atoms with Gasteiger partial charge in [0.25, 0.3) is 0 Å². The summed E-state index contributed by atoms with van der Waals surface area (Å²) in [6.07, 6.45) is 1.43. The molecule has 0 aliphatic carbocycles. The van der Waals surface area contributed by atoms with Crippen LogP contribution in [0.4, 0.5) is 17.5 Å². The molecule has 0 saturated carbocycles. The number of nitrogens with two attached hydrogens (primary N) is 1. The summed E-state index contributed by atoms with van der Waals surface area (Å²) in [6, 6.07) is 5.34. The predicted molar refractivity (Wildman–Crippen MR) is 74.3 cm³/mol. The van der Waals surface area contributed by atoms with Crippen LogP contribution < -0.4 is 20.5 Å². The number of ether oxygens (including phenoxy) is 2. The van der Waals surface area contributed by atoms with Gasteiger partial charge in [0.1, 0.15) is 16.5 Å². The highest BCUT2D eigenvalue weighted by Crippen LogP contribution is 2.32. The molecule has 100 valence electrons. The number of methoxy groups -OCH3 is 2. The molecule has 0 bridgehead atoms. The van der Waals surface area contributed by atoms with Crippen LogP contribution in [0.5, 0.6) is 11.5 Å². The first-order chi connectivity index (χ1) is 9.13. The van der Waals surface area contributed by atoms with Gasteiger partial charge in [-0.05, 0) is 12.1 Å². The van der Waals surface area contributed by atoms with Gasteiger partial charge in [0.2, 0.25) is 5.95 Å². The molecule has 19 heavy (non-hydrogen) atoms. The zero-order valence-corrected chi connectivity index (χ0v) is 11.2. The van der Waals surface area contributed by atoms with Crippen molar-refractivity contribution in [2.75, 3.05) is 25.3 Å². The Kier molecular flexibility index (Phi) is 3.91. The standard InChI is InChI=1S/C12H13ClN4O2/c1-18-7-3-4-10(19-2)9(5-7)16-11-8(13)6-15-12(14)17-11/h3-6H,1-2H3,(H3,14,15,16,17). The quantitative estimate of drug-likeness (QED) is 0.895. The fraction of sp³-hybridized carbons (Fsp3) is 0.167. The predicted octanol–water partition coefficient (Wildman–Crippen LogP) is 2.47. The van der Waals surface area contributed by atoms with Gasteiger partial charge in [-0.25, -0.2) is 4.98 Å². The van der Waals surface area contributed by atoms with Crippen molar-refractivity contribution in [1.29, 1.82) is 0 Å². The maximum atomic E-state index is 6.00. The van der Waals surface area contributed by atoms with E-state index in [1.165, 1.54) is 6.20 Å². The molecule has 0 aliphatic rings. The number of nitrogen functional groups attached to an aromatic ring is 1. The summed E-state index contributed by atoms with van der Waals surface area (Å²) >= 11 is 6.00. The number of nitrogens with zero attached hydrogens (tertiary/aromatic N) is 2. The molecular weight excluding hydrogens is 268 g/mol. The number of anilines is 3. The van der Waals surface area contributed by atoms with Crippen LogP contribution in [0.25, 0.3) is 0 Å². The normalized spacial score (nSPS) is 10.1. The van der Waals surface area contributed by atoms with Crippen molar-refractivity contribution in [2.24, 2.45) is 0 Å². The van der Waals surface area contributed by atoms with Crippen molar-refractivity contribution in [3.8, 4) is 11.5 Å². The summed E-state index contributed by atoms with van der Waals surface area (Å²) in [6.45, 7) is 0. The van der Waals surface area contributed by atoms with Crippen molar-refractivity contribution in [3.05, 3.63) is 29.4 Å². The van der Waals surface area contributed by atoms with Crippen LogP contribution in [0.3, 0.4) is 0 Å². The first-order valence-corrected chi connectivity index (χ1v) is 5.79. The van der Waals surface area contributed by atoms with E-state index in [1.54, 1.807) is 32.4 Å². The average Bonchev–Trinajstić information content (AvgIpc) is 2.42. The zero-order valence-electron chi connectivity index (χ0n) is 10.5. The fourth-order valence-corrected chi connectivity index (χ4v) is 1.65. The van der Waals surface area contributed by atoms with Gasteiger partial charge in [-0.2, -0.15) is 4.98 Å². The van der Waals surface area contributed by atoms with Gasteiger partial charge in [-0.15, -0.1) is 0 Å². The van der Waals surface area contributed by atoms with E-state index in [0.29, 0.717) is 28.0 Å². The van der Waals surface area contributed by atoms with Crippen LogP contribution in [0, 0.1) is 0 Å². The number of rotatable bonds is 4. The molecule has 0 saturated heterocycles. The SMILES string of the molecule is COc1ccc(OC)c(Nc2nc(N)ncc2Cl)c1. The monoisotopic (exact) mass is 280 g/mol. The number of hydrogen-bond acceptors (Lipinski definition) is 6. The fourth-order valence-electron chi connectivity index (χ4n) is 1.51. The second kappa shape index (κ2) is 5.62. The lowest BCUT2D eigenvalue weighted by Crippen LogP contribution is -2.02. The van der Waals surface area contributed by atoms with Crippen molar-refractivity contribution < 1.29 is 9.47 Å². The molecule has 0 aliphatic heterocycles. The third-order valence-corrected chi connectivity index (χ3v) is 2.70. The van der Waals surface area contributed by atoms with Crippen molar-refractivity contribution in [2.45, 2.75) is 0 Å². The lowest BCUT2D eigenvalue weighted by atomic mass is 10.2. The first kappa shape index (κ1) is 13.2. The number of aromatic nitrogens is 2. The van der Waals surface area contributed by atoms with Crippen LogP contribution in [-0.4, -0.2) is 24.2 Å². The summed E-state index contributed by atoms with van der Waals surface area (Å²) in [5, 5.41) is 3.40. The third kappa shape index (κ3) is 2.97. The van der Waals surface area contributed by atoms with Crippen LogP contribution in [0.1, 0.15) is 0 Å². The van der Waals surface area contributed by atoms with Gasteiger partial charge >= 0.3 is 0 Å². The summed E-state index contributed by atoms with van der Waals surface area (Å²) in [7, 11) is 3.16.